The molecule has 164 valence electrons. The molecule has 4 nitrogen and oxygen atoms in total. The second kappa shape index (κ2) is 16.0. The van der Waals surface area contributed by atoms with Gasteiger partial charge in [-0.3, -0.25) is 0 Å². The van der Waals surface area contributed by atoms with E-state index in [0.717, 1.165) is 38.5 Å². The van der Waals surface area contributed by atoms with Crippen LogP contribution >= 0.6 is 0 Å². The van der Waals surface area contributed by atoms with E-state index in [9.17, 15) is 9.59 Å². The molecule has 1 rings (SSSR count). The van der Waals surface area contributed by atoms with Gasteiger partial charge in [0.15, 0.2) is 0 Å². The summed E-state index contributed by atoms with van der Waals surface area (Å²) in [5, 5.41) is 0. The van der Waals surface area contributed by atoms with Gasteiger partial charge in [0.1, 0.15) is 0 Å². The number of benzene rings is 1. The molecule has 0 spiro atoms. The summed E-state index contributed by atoms with van der Waals surface area (Å²) in [4.78, 5) is 24.3. The number of hydrogen-bond acceptors (Lipinski definition) is 4. The van der Waals surface area contributed by atoms with Crippen molar-refractivity contribution in [2.75, 3.05) is 6.61 Å². The van der Waals surface area contributed by atoms with E-state index in [1.165, 1.54) is 38.5 Å². The van der Waals surface area contributed by atoms with Crippen LogP contribution < -0.4 is 0 Å². The Morgan fingerprint density at radius 3 is 1.79 bits per heavy atom. The number of ether oxygens (including phenoxy) is 2. The lowest BCUT2D eigenvalue weighted by molar-refractivity contribution is 0.0318. The standard InChI is InChI=1S/C25H40O4/c1-4-6-8-9-10-11-12-14-20-28-24(26)22-16-18-23(19-17-22)25(27)29-21(3)15-13-7-5-2/h16-19,21H,4-15,20H2,1-3H3. The molecule has 0 bridgehead atoms. The molecule has 29 heavy (non-hydrogen) atoms. The van der Waals surface area contributed by atoms with Crippen LogP contribution in [-0.4, -0.2) is 24.6 Å². The number of carbonyl (C=O) groups is 2. The van der Waals surface area contributed by atoms with Crippen LogP contribution in [0.1, 0.15) is 119 Å². The van der Waals surface area contributed by atoms with Crippen LogP contribution in [0.2, 0.25) is 0 Å². The van der Waals surface area contributed by atoms with E-state index < -0.39 is 0 Å². The van der Waals surface area contributed by atoms with Crippen LogP contribution in [0, 0.1) is 0 Å². The Kier molecular flexibility index (Phi) is 13.9. The van der Waals surface area contributed by atoms with E-state index in [1.807, 2.05) is 6.92 Å². The zero-order valence-electron chi connectivity index (χ0n) is 18.7. The van der Waals surface area contributed by atoms with Gasteiger partial charge in [-0.15, -0.1) is 0 Å². The van der Waals surface area contributed by atoms with Crippen molar-refractivity contribution in [2.24, 2.45) is 0 Å². The van der Waals surface area contributed by atoms with E-state index in [0.29, 0.717) is 17.7 Å². The molecule has 0 radical (unpaired) electrons. The van der Waals surface area contributed by atoms with Crippen molar-refractivity contribution in [3.05, 3.63) is 35.4 Å². The summed E-state index contributed by atoms with van der Waals surface area (Å²) in [6, 6.07) is 6.53. The summed E-state index contributed by atoms with van der Waals surface area (Å²) >= 11 is 0. The third-order valence-electron chi connectivity index (χ3n) is 5.11. The molecule has 1 aromatic carbocycles. The lowest BCUT2D eigenvalue weighted by Crippen LogP contribution is -2.15. The van der Waals surface area contributed by atoms with Crippen LogP contribution in [-0.2, 0) is 9.47 Å². The molecule has 1 aromatic rings. The predicted octanol–water partition coefficient (Wildman–Crippen LogP) is 7.11. The maximum atomic E-state index is 12.2. The first kappa shape index (κ1) is 25.2. The number of unbranched alkanes of at least 4 members (excludes halogenated alkanes) is 9. The van der Waals surface area contributed by atoms with Gasteiger partial charge in [0.2, 0.25) is 0 Å². The normalized spacial score (nSPS) is 11.8. The van der Waals surface area contributed by atoms with Gasteiger partial charge in [-0.2, -0.15) is 0 Å². The molecule has 0 saturated carbocycles. The molecule has 0 amide bonds. The smallest absolute Gasteiger partial charge is 0.338 e. The van der Waals surface area contributed by atoms with Crippen molar-refractivity contribution in [2.45, 2.75) is 104 Å². The Balaban J connectivity index is 2.25. The molecule has 1 unspecified atom stereocenters. The number of esters is 2. The highest BCUT2D eigenvalue weighted by Gasteiger charge is 2.13. The van der Waals surface area contributed by atoms with Gasteiger partial charge in [-0.05, 0) is 50.5 Å². The van der Waals surface area contributed by atoms with Crippen molar-refractivity contribution < 1.29 is 19.1 Å². The third kappa shape index (κ3) is 11.7. The minimum absolute atomic E-state index is 0.0923. The average molecular weight is 405 g/mol. The SMILES string of the molecule is CCCCCCCCCCOC(=O)c1ccc(C(=O)OC(C)CCCCC)cc1. The van der Waals surface area contributed by atoms with Gasteiger partial charge in [0.25, 0.3) is 0 Å². The van der Waals surface area contributed by atoms with Crippen LogP contribution in [0.15, 0.2) is 24.3 Å². The topological polar surface area (TPSA) is 52.6 Å². The van der Waals surface area contributed by atoms with Gasteiger partial charge in [-0.25, -0.2) is 9.59 Å². The molecule has 0 fully saturated rings. The zero-order valence-corrected chi connectivity index (χ0v) is 18.7. The summed E-state index contributed by atoms with van der Waals surface area (Å²) in [5.74, 6) is -0.673. The predicted molar refractivity (Wildman–Crippen MR) is 118 cm³/mol. The molecule has 1 atom stereocenters. The zero-order chi connectivity index (χ0) is 21.3. The van der Waals surface area contributed by atoms with Crippen LogP contribution in [0.25, 0.3) is 0 Å². The molecule has 0 aliphatic rings. The molecule has 0 aromatic heterocycles. The van der Waals surface area contributed by atoms with Crippen LogP contribution in [0.3, 0.4) is 0 Å². The highest BCUT2D eigenvalue weighted by Crippen LogP contribution is 2.13. The Hall–Kier alpha value is -1.84. The van der Waals surface area contributed by atoms with E-state index in [-0.39, 0.29) is 18.0 Å². The van der Waals surface area contributed by atoms with Gasteiger partial charge < -0.3 is 9.47 Å². The van der Waals surface area contributed by atoms with Crippen molar-refractivity contribution >= 4 is 11.9 Å². The number of hydrogen-bond donors (Lipinski definition) is 0. The molecule has 0 aliphatic carbocycles. The first-order chi connectivity index (χ1) is 14.1. The van der Waals surface area contributed by atoms with Crippen LogP contribution in [0.4, 0.5) is 0 Å². The molecule has 0 saturated heterocycles. The lowest BCUT2D eigenvalue weighted by atomic mass is 10.1. The maximum absolute atomic E-state index is 12.2. The van der Waals surface area contributed by atoms with Crippen molar-refractivity contribution in [3.8, 4) is 0 Å². The van der Waals surface area contributed by atoms with E-state index in [1.54, 1.807) is 24.3 Å². The quantitative estimate of drug-likeness (QED) is 0.218. The Bertz CT molecular complexity index is 565. The number of carbonyl (C=O) groups excluding carboxylic acids is 2. The monoisotopic (exact) mass is 404 g/mol. The first-order valence-electron chi connectivity index (χ1n) is 11.6. The molecule has 0 N–H and O–H groups in total. The highest BCUT2D eigenvalue weighted by molar-refractivity contribution is 5.93. The van der Waals surface area contributed by atoms with Crippen molar-refractivity contribution in [1.82, 2.24) is 0 Å². The van der Waals surface area contributed by atoms with Gasteiger partial charge in [0, 0.05) is 0 Å². The highest BCUT2D eigenvalue weighted by atomic mass is 16.5. The Labute approximate surface area is 177 Å². The minimum Gasteiger partial charge on any atom is -0.462 e. The third-order valence-corrected chi connectivity index (χ3v) is 5.11. The van der Waals surface area contributed by atoms with E-state index in [4.69, 9.17) is 9.47 Å². The molecule has 0 heterocycles. The summed E-state index contributed by atoms with van der Waals surface area (Å²) in [6.07, 6.45) is 13.9. The van der Waals surface area contributed by atoms with E-state index >= 15 is 0 Å². The largest absolute Gasteiger partial charge is 0.462 e. The van der Waals surface area contributed by atoms with Crippen molar-refractivity contribution in [3.63, 3.8) is 0 Å². The van der Waals surface area contributed by atoms with Gasteiger partial charge in [-0.1, -0.05) is 71.6 Å². The first-order valence-corrected chi connectivity index (χ1v) is 11.6. The second-order valence-electron chi connectivity index (χ2n) is 7.90. The summed E-state index contributed by atoms with van der Waals surface area (Å²) in [5.41, 5.74) is 0.934. The summed E-state index contributed by atoms with van der Waals surface area (Å²) in [7, 11) is 0. The maximum Gasteiger partial charge on any atom is 0.338 e. The lowest BCUT2D eigenvalue weighted by Gasteiger charge is -2.13. The number of rotatable bonds is 16. The van der Waals surface area contributed by atoms with Crippen molar-refractivity contribution in [1.29, 1.82) is 0 Å². The fourth-order valence-corrected chi connectivity index (χ4v) is 3.22. The molecular formula is C25H40O4. The molecule has 0 aliphatic heterocycles. The molecular weight excluding hydrogens is 364 g/mol. The van der Waals surface area contributed by atoms with Gasteiger partial charge in [0.05, 0.1) is 23.8 Å². The van der Waals surface area contributed by atoms with Gasteiger partial charge >= 0.3 is 11.9 Å². The fraction of sp³-hybridized carbons (Fsp3) is 0.680. The Morgan fingerprint density at radius 2 is 1.21 bits per heavy atom. The summed E-state index contributed by atoms with van der Waals surface area (Å²) in [6.45, 7) is 6.75. The summed E-state index contributed by atoms with van der Waals surface area (Å²) < 4.78 is 10.8. The molecule has 4 heteroatoms. The van der Waals surface area contributed by atoms with Crippen LogP contribution in [0.5, 0.6) is 0 Å². The average Bonchev–Trinajstić information content (AvgIpc) is 2.72. The minimum atomic E-state index is -0.340. The second-order valence-corrected chi connectivity index (χ2v) is 7.90. The van der Waals surface area contributed by atoms with E-state index in [2.05, 4.69) is 13.8 Å². The Morgan fingerprint density at radius 1 is 0.724 bits per heavy atom. The fourth-order valence-electron chi connectivity index (χ4n) is 3.22.